The van der Waals surface area contributed by atoms with Gasteiger partial charge in [-0.25, -0.2) is 17.9 Å². The third kappa shape index (κ3) is 4.68. The van der Waals surface area contributed by atoms with Crippen LogP contribution in [0.1, 0.15) is 54.9 Å². The standard InChI is InChI=1S/C20H29N3O3S.K/c1-2-23-11-9-16(10-12-23)27(25,26)22-20(24)21-19-17-7-3-5-14(17)13-15-6-4-8-18(15)19;/h13,16H,2-12H2,1H3,(H2,21,22,24);. The second-order valence-corrected chi connectivity index (χ2v) is 9.93. The van der Waals surface area contributed by atoms with Gasteiger partial charge >= 0.3 is 6.03 Å². The van der Waals surface area contributed by atoms with Crippen molar-refractivity contribution in [1.29, 1.82) is 0 Å². The number of hydrogen-bond donors (Lipinski definition) is 2. The van der Waals surface area contributed by atoms with E-state index in [2.05, 4.69) is 27.9 Å². The molecule has 0 aromatic heterocycles. The van der Waals surface area contributed by atoms with Crippen LogP contribution in [-0.2, 0) is 35.7 Å². The van der Waals surface area contributed by atoms with E-state index in [1.807, 2.05) is 0 Å². The van der Waals surface area contributed by atoms with Crippen LogP contribution in [-0.4, -0.2) is 95.6 Å². The topological polar surface area (TPSA) is 78.5 Å². The van der Waals surface area contributed by atoms with Crippen molar-refractivity contribution in [2.24, 2.45) is 0 Å². The smallest absolute Gasteiger partial charge is 0.307 e. The SMILES string of the molecule is CCN1CCC(S(=O)(=O)NC(=O)Nc2c3c(cc4c2CCC4)CCC3)CC1.[K]. The van der Waals surface area contributed by atoms with Gasteiger partial charge in [-0.1, -0.05) is 13.0 Å². The molecule has 6 nitrogen and oxygen atoms in total. The van der Waals surface area contributed by atoms with Crippen molar-refractivity contribution < 1.29 is 13.2 Å². The Hall–Kier alpha value is 0.0364. The minimum absolute atomic E-state index is 0. The predicted octanol–water partition coefficient (Wildman–Crippen LogP) is 2.22. The molecule has 1 aromatic rings. The average Bonchev–Trinajstić information content (AvgIpc) is 3.30. The Kier molecular flexibility index (Phi) is 7.67. The van der Waals surface area contributed by atoms with Crippen molar-refractivity contribution in [3.8, 4) is 0 Å². The molecule has 2 N–H and O–H groups in total. The number of fused-ring (bicyclic) bond motifs is 2. The Bertz CT molecular complexity index is 816. The first-order valence-electron chi connectivity index (χ1n) is 10.2. The minimum atomic E-state index is -3.65. The van der Waals surface area contributed by atoms with E-state index in [0.29, 0.717) is 12.8 Å². The van der Waals surface area contributed by atoms with Crippen LogP contribution in [0.5, 0.6) is 0 Å². The van der Waals surface area contributed by atoms with Gasteiger partial charge in [0.1, 0.15) is 0 Å². The van der Waals surface area contributed by atoms with Gasteiger partial charge in [0.25, 0.3) is 0 Å². The van der Waals surface area contributed by atoms with E-state index in [9.17, 15) is 13.2 Å². The van der Waals surface area contributed by atoms with Crippen molar-refractivity contribution in [3.63, 3.8) is 0 Å². The number of aryl methyl sites for hydroxylation is 2. The number of hydrogen-bond acceptors (Lipinski definition) is 4. The van der Waals surface area contributed by atoms with Gasteiger partial charge < -0.3 is 10.2 Å². The number of urea groups is 1. The van der Waals surface area contributed by atoms with Crippen molar-refractivity contribution in [3.05, 3.63) is 28.3 Å². The summed E-state index contributed by atoms with van der Waals surface area (Å²) < 4.78 is 27.6. The molecule has 1 aliphatic heterocycles. The number of carbonyl (C=O) groups is 1. The molecule has 2 aliphatic carbocycles. The number of nitrogens with one attached hydrogen (secondary N) is 2. The van der Waals surface area contributed by atoms with Crippen LogP contribution >= 0.6 is 0 Å². The van der Waals surface area contributed by atoms with Crippen LogP contribution in [0.15, 0.2) is 6.07 Å². The summed E-state index contributed by atoms with van der Waals surface area (Å²) in [7, 11) is -3.65. The van der Waals surface area contributed by atoms with E-state index in [1.165, 1.54) is 22.3 Å². The first kappa shape index (κ1) is 22.7. The first-order valence-corrected chi connectivity index (χ1v) is 11.7. The molecule has 1 radical (unpaired) electrons. The molecule has 149 valence electrons. The van der Waals surface area contributed by atoms with Crippen LogP contribution in [0.3, 0.4) is 0 Å². The van der Waals surface area contributed by atoms with E-state index in [-0.39, 0.29) is 51.4 Å². The predicted molar refractivity (Wildman–Crippen MR) is 112 cm³/mol. The molecule has 8 heteroatoms. The van der Waals surface area contributed by atoms with Crippen molar-refractivity contribution >= 4 is 73.1 Å². The molecule has 1 fully saturated rings. The van der Waals surface area contributed by atoms with Crippen molar-refractivity contribution in [2.75, 3.05) is 25.0 Å². The molecule has 28 heavy (non-hydrogen) atoms. The number of rotatable bonds is 4. The maximum absolute atomic E-state index is 12.7. The molecule has 2 amide bonds. The Morgan fingerprint density at radius 2 is 1.64 bits per heavy atom. The number of nitrogens with zero attached hydrogens (tertiary/aromatic N) is 1. The quantitative estimate of drug-likeness (QED) is 0.718. The Morgan fingerprint density at radius 1 is 1.07 bits per heavy atom. The number of benzene rings is 1. The van der Waals surface area contributed by atoms with E-state index in [4.69, 9.17) is 0 Å². The minimum Gasteiger partial charge on any atom is -0.307 e. The maximum atomic E-state index is 12.7. The van der Waals surface area contributed by atoms with Crippen LogP contribution in [0.2, 0.25) is 0 Å². The average molecular weight is 431 g/mol. The van der Waals surface area contributed by atoms with Crippen LogP contribution in [0.25, 0.3) is 0 Å². The Morgan fingerprint density at radius 3 is 2.18 bits per heavy atom. The summed E-state index contributed by atoms with van der Waals surface area (Å²) in [6, 6.07) is 1.69. The summed E-state index contributed by atoms with van der Waals surface area (Å²) in [6.07, 6.45) is 7.37. The van der Waals surface area contributed by atoms with Crippen molar-refractivity contribution in [2.45, 2.75) is 63.5 Å². The van der Waals surface area contributed by atoms with Gasteiger partial charge in [-0.05, 0) is 93.3 Å². The molecule has 1 saturated heterocycles. The van der Waals surface area contributed by atoms with Gasteiger partial charge in [-0.2, -0.15) is 0 Å². The number of piperidine rings is 1. The number of sulfonamides is 1. The molecule has 1 heterocycles. The van der Waals surface area contributed by atoms with Gasteiger partial charge in [0.15, 0.2) is 0 Å². The van der Waals surface area contributed by atoms with Crippen LogP contribution in [0.4, 0.5) is 10.5 Å². The van der Waals surface area contributed by atoms with Gasteiger partial charge in [0.2, 0.25) is 10.0 Å². The van der Waals surface area contributed by atoms with Crippen molar-refractivity contribution in [1.82, 2.24) is 9.62 Å². The summed E-state index contributed by atoms with van der Waals surface area (Å²) in [5.41, 5.74) is 5.94. The summed E-state index contributed by atoms with van der Waals surface area (Å²) in [6.45, 7) is 4.55. The zero-order chi connectivity index (χ0) is 19.0. The molecule has 0 atom stereocenters. The summed E-state index contributed by atoms with van der Waals surface area (Å²) >= 11 is 0. The third-order valence-electron chi connectivity index (χ3n) is 6.37. The maximum Gasteiger partial charge on any atom is 0.332 e. The number of carbonyl (C=O) groups excluding carboxylic acids is 1. The Labute approximate surface area is 210 Å². The molecule has 0 saturated carbocycles. The molecule has 4 rings (SSSR count). The largest absolute Gasteiger partial charge is 0.332 e. The van der Waals surface area contributed by atoms with E-state index < -0.39 is 21.3 Å². The number of likely N-dealkylation sites (tertiary alicyclic amines) is 1. The van der Waals surface area contributed by atoms with E-state index in [0.717, 1.165) is 63.8 Å². The fraction of sp³-hybridized carbons (Fsp3) is 0.650. The first-order chi connectivity index (χ1) is 13.0. The van der Waals surface area contributed by atoms with Gasteiger partial charge in [-0.15, -0.1) is 0 Å². The molecule has 0 spiro atoms. The second-order valence-electron chi connectivity index (χ2n) is 7.97. The third-order valence-corrected chi connectivity index (χ3v) is 8.19. The molecular formula is C20H29KN3O3S. The zero-order valence-corrected chi connectivity index (χ0v) is 21.0. The monoisotopic (exact) mass is 430 g/mol. The summed E-state index contributed by atoms with van der Waals surface area (Å²) in [5, 5.41) is 2.43. The summed E-state index contributed by atoms with van der Waals surface area (Å²) in [4.78, 5) is 14.8. The second kappa shape index (κ2) is 9.45. The van der Waals surface area contributed by atoms with Gasteiger partial charge in [0.05, 0.1) is 5.25 Å². The molecule has 0 unspecified atom stereocenters. The fourth-order valence-electron chi connectivity index (χ4n) is 4.85. The normalized spacial score (nSPS) is 19.6. The number of amides is 2. The Balaban J connectivity index is 0.00000225. The fourth-order valence-corrected chi connectivity index (χ4v) is 6.16. The van der Waals surface area contributed by atoms with Gasteiger partial charge in [0, 0.05) is 57.1 Å². The summed E-state index contributed by atoms with van der Waals surface area (Å²) in [5.74, 6) is 0. The van der Waals surface area contributed by atoms with Crippen LogP contribution < -0.4 is 10.0 Å². The molecule has 1 aromatic carbocycles. The number of anilines is 1. The van der Waals surface area contributed by atoms with E-state index >= 15 is 0 Å². The molecular weight excluding hydrogens is 401 g/mol. The van der Waals surface area contributed by atoms with E-state index in [1.54, 1.807) is 0 Å². The molecule has 0 bridgehead atoms. The molecule has 3 aliphatic rings. The van der Waals surface area contributed by atoms with Gasteiger partial charge in [-0.3, -0.25) is 0 Å². The van der Waals surface area contributed by atoms with Crippen LogP contribution in [0, 0.1) is 0 Å². The zero-order valence-electron chi connectivity index (χ0n) is 17.0.